The highest BCUT2D eigenvalue weighted by atomic mass is 32.2. The summed E-state index contributed by atoms with van der Waals surface area (Å²) < 4.78 is 34.0. The molecule has 3 rings (SSSR count). The Hall–Kier alpha value is -2.85. The first-order valence-electron chi connectivity index (χ1n) is 10.2. The molecule has 1 heterocycles. The second-order valence-electron chi connectivity index (χ2n) is 7.69. The van der Waals surface area contributed by atoms with Gasteiger partial charge in [-0.05, 0) is 50.6 Å². The standard InChI is InChI=1S/C22H27N3O5S2/c1-6-18(25(32(5,28)29)16-8-7-9-17(13-16)30-4)21(26)23-15-10-11-19-20(12-15)31-22(27)24(19)14(2)3/h7-14,18H,6H2,1-5H3,(H,23,26)/t18-/m1/s1. The van der Waals surface area contributed by atoms with Gasteiger partial charge in [0.1, 0.15) is 11.8 Å². The van der Waals surface area contributed by atoms with Gasteiger partial charge in [0, 0.05) is 17.8 Å². The maximum atomic E-state index is 13.2. The molecule has 8 nitrogen and oxygen atoms in total. The fourth-order valence-electron chi connectivity index (χ4n) is 3.64. The molecule has 0 bridgehead atoms. The van der Waals surface area contributed by atoms with Crippen LogP contribution in [0.4, 0.5) is 11.4 Å². The Labute approximate surface area is 191 Å². The minimum absolute atomic E-state index is 0.0207. The lowest BCUT2D eigenvalue weighted by atomic mass is 10.1. The fraction of sp³-hybridized carbons (Fsp3) is 0.364. The number of rotatable bonds is 8. The van der Waals surface area contributed by atoms with Crippen molar-refractivity contribution in [2.24, 2.45) is 0 Å². The SMILES string of the molecule is CC[C@H](C(=O)Nc1ccc2c(c1)sc(=O)n2C(C)C)N(c1cccc(OC)c1)S(C)(=O)=O. The van der Waals surface area contributed by atoms with Crippen LogP contribution < -0.4 is 19.2 Å². The summed E-state index contributed by atoms with van der Waals surface area (Å²) in [7, 11) is -2.27. The number of benzene rings is 2. The van der Waals surface area contributed by atoms with Crippen molar-refractivity contribution in [2.75, 3.05) is 23.0 Å². The van der Waals surface area contributed by atoms with E-state index in [1.165, 1.54) is 7.11 Å². The molecule has 1 amide bonds. The lowest BCUT2D eigenvalue weighted by molar-refractivity contribution is -0.117. The van der Waals surface area contributed by atoms with Crippen LogP contribution in [0.25, 0.3) is 10.2 Å². The van der Waals surface area contributed by atoms with Crippen molar-refractivity contribution >= 4 is 48.9 Å². The molecule has 32 heavy (non-hydrogen) atoms. The van der Waals surface area contributed by atoms with E-state index in [1.807, 2.05) is 13.8 Å². The van der Waals surface area contributed by atoms with Crippen LogP contribution in [0.3, 0.4) is 0 Å². The zero-order valence-corrected chi connectivity index (χ0v) is 20.3. The van der Waals surface area contributed by atoms with E-state index in [4.69, 9.17) is 4.74 Å². The zero-order chi connectivity index (χ0) is 23.6. The van der Waals surface area contributed by atoms with Crippen molar-refractivity contribution in [3.8, 4) is 5.75 Å². The maximum Gasteiger partial charge on any atom is 0.308 e. The monoisotopic (exact) mass is 477 g/mol. The van der Waals surface area contributed by atoms with E-state index in [0.717, 1.165) is 32.1 Å². The molecule has 0 fully saturated rings. The molecule has 3 aromatic rings. The molecule has 0 aliphatic rings. The van der Waals surface area contributed by atoms with E-state index < -0.39 is 22.0 Å². The number of hydrogen-bond acceptors (Lipinski definition) is 6. The Balaban J connectivity index is 1.95. The van der Waals surface area contributed by atoms with Gasteiger partial charge < -0.3 is 10.1 Å². The predicted octanol–water partition coefficient (Wildman–Crippen LogP) is 3.84. The minimum Gasteiger partial charge on any atom is -0.497 e. The first kappa shape index (κ1) is 23.8. The number of thiazole rings is 1. The molecule has 172 valence electrons. The number of aromatic nitrogens is 1. The molecule has 1 atom stereocenters. The van der Waals surface area contributed by atoms with E-state index in [9.17, 15) is 18.0 Å². The highest BCUT2D eigenvalue weighted by Gasteiger charge is 2.32. The topological polar surface area (TPSA) is 97.7 Å². The molecule has 1 N–H and O–H groups in total. The number of nitrogens with one attached hydrogen (secondary N) is 1. The molecule has 0 saturated heterocycles. The summed E-state index contributed by atoms with van der Waals surface area (Å²) in [6, 6.07) is 10.9. The number of carbonyl (C=O) groups is 1. The largest absolute Gasteiger partial charge is 0.497 e. The maximum absolute atomic E-state index is 13.2. The van der Waals surface area contributed by atoms with Crippen LogP contribution >= 0.6 is 11.3 Å². The average Bonchev–Trinajstić information content (AvgIpc) is 3.05. The number of ether oxygens (including phenoxy) is 1. The number of methoxy groups -OCH3 is 1. The van der Waals surface area contributed by atoms with E-state index in [2.05, 4.69) is 5.32 Å². The summed E-state index contributed by atoms with van der Waals surface area (Å²) in [5.74, 6) is 0.0252. The summed E-state index contributed by atoms with van der Waals surface area (Å²) >= 11 is 1.11. The van der Waals surface area contributed by atoms with Gasteiger partial charge in [0.15, 0.2) is 0 Å². The number of hydrogen-bond donors (Lipinski definition) is 1. The quantitative estimate of drug-likeness (QED) is 0.532. The molecule has 2 aromatic carbocycles. The average molecular weight is 478 g/mol. The van der Waals surface area contributed by atoms with Crippen molar-refractivity contribution < 1.29 is 17.9 Å². The van der Waals surface area contributed by atoms with Crippen molar-refractivity contribution in [3.63, 3.8) is 0 Å². The van der Waals surface area contributed by atoms with Crippen LogP contribution in [0.15, 0.2) is 47.3 Å². The van der Waals surface area contributed by atoms with Gasteiger partial charge in [-0.3, -0.25) is 18.5 Å². The van der Waals surface area contributed by atoms with Gasteiger partial charge in [-0.2, -0.15) is 0 Å². The Bertz CT molecular complexity index is 1290. The first-order chi connectivity index (χ1) is 15.1. The third kappa shape index (κ3) is 4.81. The Kier molecular flexibility index (Phi) is 6.94. The lowest BCUT2D eigenvalue weighted by Gasteiger charge is -2.30. The molecule has 0 radical (unpaired) electrons. The van der Waals surface area contributed by atoms with Crippen LogP contribution in [0, 0.1) is 0 Å². The predicted molar refractivity (Wildman–Crippen MR) is 129 cm³/mol. The summed E-state index contributed by atoms with van der Waals surface area (Å²) in [4.78, 5) is 25.4. The molecule has 0 aliphatic heterocycles. The highest BCUT2D eigenvalue weighted by molar-refractivity contribution is 7.92. The number of amides is 1. The summed E-state index contributed by atoms with van der Waals surface area (Å²) in [5, 5.41) is 2.81. The van der Waals surface area contributed by atoms with Gasteiger partial charge in [0.25, 0.3) is 0 Å². The lowest BCUT2D eigenvalue weighted by Crippen LogP contribution is -2.47. The molecule has 0 unspecified atom stereocenters. The summed E-state index contributed by atoms with van der Waals surface area (Å²) in [5.41, 5.74) is 1.64. The van der Waals surface area contributed by atoms with Gasteiger partial charge in [0.05, 0.1) is 29.3 Å². The molecule has 1 aromatic heterocycles. The normalized spacial score (nSPS) is 12.7. The molecule has 10 heteroatoms. The molecular weight excluding hydrogens is 450 g/mol. The van der Waals surface area contributed by atoms with E-state index in [0.29, 0.717) is 17.1 Å². The van der Waals surface area contributed by atoms with Crippen LogP contribution in [0.2, 0.25) is 0 Å². The van der Waals surface area contributed by atoms with Crippen LogP contribution in [-0.2, 0) is 14.8 Å². The number of nitrogens with zero attached hydrogens (tertiary/aromatic N) is 2. The number of anilines is 2. The van der Waals surface area contributed by atoms with E-state index in [-0.39, 0.29) is 17.3 Å². The van der Waals surface area contributed by atoms with Gasteiger partial charge in [-0.25, -0.2) is 8.42 Å². The fourth-order valence-corrected chi connectivity index (χ4v) is 5.89. The van der Waals surface area contributed by atoms with Crippen LogP contribution in [0.1, 0.15) is 33.2 Å². The Morgan fingerprint density at radius 2 is 1.94 bits per heavy atom. The first-order valence-corrected chi connectivity index (χ1v) is 12.8. The van der Waals surface area contributed by atoms with Crippen molar-refractivity contribution in [1.29, 1.82) is 0 Å². The third-order valence-electron chi connectivity index (χ3n) is 5.03. The zero-order valence-electron chi connectivity index (χ0n) is 18.7. The molecule has 0 aliphatic carbocycles. The highest BCUT2D eigenvalue weighted by Crippen LogP contribution is 2.28. The molecule has 0 spiro atoms. The van der Waals surface area contributed by atoms with Crippen molar-refractivity contribution in [2.45, 2.75) is 39.3 Å². The molecule has 0 saturated carbocycles. The van der Waals surface area contributed by atoms with Crippen LogP contribution in [0.5, 0.6) is 5.75 Å². The van der Waals surface area contributed by atoms with Gasteiger partial charge in [-0.15, -0.1) is 0 Å². The molecular formula is C22H27N3O5S2. The smallest absolute Gasteiger partial charge is 0.308 e. The van der Waals surface area contributed by atoms with Crippen molar-refractivity contribution in [3.05, 3.63) is 52.1 Å². The Morgan fingerprint density at radius 1 is 1.22 bits per heavy atom. The second kappa shape index (κ2) is 9.33. The summed E-state index contributed by atoms with van der Waals surface area (Å²) in [6.07, 6.45) is 1.33. The number of carbonyl (C=O) groups excluding carboxylic acids is 1. The number of sulfonamides is 1. The van der Waals surface area contributed by atoms with E-state index in [1.54, 1.807) is 54.0 Å². The Morgan fingerprint density at radius 3 is 2.53 bits per heavy atom. The van der Waals surface area contributed by atoms with Gasteiger partial charge in [0.2, 0.25) is 15.9 Å². The van der Waals surface area contributed by atoms with Gasteiger partial charge in [-0.1, -0.05) is 24.3 Å². The van der Waals surface area contributed by atoms with Crippen LogP contribution in [-0.4, -0.2) is 38.3 Å². The van der Waals surface area contributed by atoms with Gasteiger partial charge >= 0.3 is 4.87 Å². The summed E-state index contributed by atoms with van der Waals surface area (Å²) in [6.45, 7) is 5.63. The number of fused-ring (bicyclic) bond motifs is 1. The minimum atomic E-state index is -3.76. The van der Waals surface area contributed by atoms with E-state index >= 15 is 0 Å². The van der Waals surface area contributed by atoms with Crippen molar-refractivity contribution in [1.82, 2.24) is 4.57 Å². The third-order valence-corrected chi connectivity index (χ3v) is 7.13. The second-order valence-corrected chi connectivity index (χ2v) is 10.5.